The maximum atomic E-state index is 12.1. The molecule has 126 valence electrons. The van der Waals surface area contributed by atoms with Crippen molar-refractivity contribution in [3.05, 3.63) is 58.6 Å². The first kappa shape index (κ1) is 18.4. The molecule has 0 saturated heterocycles. The van der Waals surface area contributed by atoms with Crippen LogP contribution in [-0.2, 0) is 0 Å². The number of halogens is 1. The van der Waals surface area contributed by atoms with E-state index in [9.17, 15) is 4.79 Å². The van der Waals surface area contributed by atoms with Gasteiger partial charge in [0.1, 0.15) is 5.75 Å². The number of unbranched alkanes of at least 4 members (excludes halogenated alkanes) is 1. The number of benzene rings is 2. The minimum absolute atomic E-state index is 0.244. The van der Waals surface area contributed by atoms with Gasteiger partial charge in [-0.1, -0.05) is 35.3 Å². The lowest BCUT2D eigenvalue weighted by molar-refractivity contribution is 0.0977. The standard InChI is InChI=1S/C18H19BrN2O2S/c1-2-3-11-23-16-6-4-5-15(12-16)20-18(24)21-17(22)13-7-9-14(19)10-8-13/h4-10,12H,2-3,11H2,1H3,(H2,20,21,22,24). The molecule has 0 heterocycles. The van der Waals surface area contributed by atoms with Crippen LogP contribution in [0.3, 0.4) is 0 Å². The van der Waals surface area contributed by atoms with Crippen LogP contribution in [0.2, 0.25) is 0 Å². The highest BCUT2D eigenvalue weighted by molar-refractivity contribution is 9.10. The summed E-state index contributed by atoms with van der Waals surface area (Å²) in [6.45, 7) is 2.80. The van der Waals surface area contributed by atoms with Gasteiger partial charge in [0.25, 0.3) is 5.91 Å². The molecule has 1 amide bonds. The highest BCUT2D eigenvalue weighted by atomic mass is 79.9. The molecule has 0 aliphatic rings. The number of anilines is 1. The molecule has 0 fully saturated rings. The molecule has 0 saturated carbocycles. The second kappa shape index (κ2) is 9.39. The van der Waals surface area contributed by atoms with Crippen LogP contribution in [0.4, 0.5) is 5.69 Å². The van der Waals surface area contributed by atoms with E-state index in [0.717, 1.165) is 28.8 Å². The van der Waals surface area contributed by atoms with Gasteiger partial charge in [-0.15, -0.1) is 0 Å². The second-order valence-electron chi connectivity index (χ2n) is 5.14. The van der Waals surface area contributed by atoms with Crippen LogP contribution in [0.25, 0.3) is 0 Å². The third-order valence-corrected chi connectivity index (χ3v) is 3.92. The lowest BCUT2D eigenvalue weighted by atomic mass is 10.2. The normalized spacial score (nSPS) is 10.1. The van der Waals surface area contributed by atoms with Crippen molar-refractivity contribution in [1.82, 2.24) is 5.32 Å². The summed E-state index contributed by atoms with van der Waals surface area (Å²) < 4.78 is 6.57. The van der Waals surface area contributed by atoms with Gasteiger partial charge in [0.2, 0.25) is 0 Å². The molecule has 4 nitrogen and oxygen atoms in total. The van der Waals surface area contributed by atoms with E-state index in [2.05, 4.69) is 33.5 Å². The fourth-order valence-electron chi connectivity index (χ4n) is 1.94. The van der Waals surface area contributed by atoms with Gasteiger partial charge >= 0.3 is 0 Å². The van der Waals surface area contributed by atoms with Crippen molar-refractivity contribution < 1.29 is 9.53 Å². The van der Waals surface area contributed by atoms with Gasteiger partial charge in [-0.25, -0.2) is 0 Å². The van der Waals surface area contributed by atoms with Gasteiger partial charge in [-0.05, 0) is 55.0 Å². The number of amides is 1. The van der Waals surface area contributed by atoms with Gasteiger partial charge in [-0.2, -0.15) is 0 Å². The van der Waals surface area contributed by atoms with E-state index in [0.29, 0.717) is 12.2 Å². The molecule has 24 heavy (non-hydrogen) atoms. The van der Waals surface area contributed by atoms with Crippen molar-refractivity contribution in [3.8, 4) is 5.75 Å². The zero-order valence-electron chi connectivity index (χ0n) is 13.3. The Bertz CT molecular complexity index is 704. The molecule has 0 atom stereocenters. The van der Waals surface area contributed by atoms with Crippen molar-refractivity contribution in [2.75, 3.05) is 11.9 Å². The Labute approximate surface area is 155 Å². The lowest BCUT2D eigenvalue weighted by Crippen LogP contribution is -2.34. The smallest absolute Gasteiger partial charge is 0.257 e. The topological polar surface area (TPSA) is 50.4 Å². The minimum Gasteiger partial charge on any atom is -0.494 e. The Morgan fingerprint density at radius 2 is 1.96 bits per heavy atom. The Hall–Kier alpha value is -1.92. The SMILES string of the molecule is CCCCOc1cccc(NC(=S)NC(=O)c2ccc(Br)cc2)c1. The Kier molecular flexibility index (Phi) is 7.21. The molecule has 0 bridgehead atoms. The molecule has 0 aromatic heterocycles. The molecule has 0 aliphatic heterocycles. The molecule has 2 aromatic rings. The maximum absolute atomic E-state index is 12.1. The van der Waals surface area contributed by atoms with E-state index in [-0.39, 0.29) is 11.0 Å². The summed E-state index contributed by atoms with van der Waals surface area (Å²) in [5.41, 5.74) is 1.31. The van der Waals surface area contributed by atoms with E-state index in [1.54, 1.807) is 12.1 Å². The molecule has 0 unspecified atom stereocenters. The zero-order valence-corrected chi connectivity index (χ0v) is 15.7. The van der Waals surface area contributed by atoms with E-state index in [1.807, 2.05) is 36.4 Å². The molecular formula is C18H19BrN2O2S. The average Bonchev–Trinajstić information content (AvgIpc) is 2.56. The monoisotopic (exact) mass is 406 g/mol. The zero-order chi connectivity index (χ0) is 17.4. The van der Waals surface area contributed by atoms with Crippen LogP contribution in [0.1, 0.15) is 30.1 Å². The van der Waals surface area contributed by atoms with Crippen LogP contribution in [0.15, 0.2) is 53.0 Å². The molecule has 2 rings (SSSR count). The number of thiocarbonyl (C=S) groups is 1. The van der Waals surface area contributed by atoms with Gasteiger partial charge in [0.15, 0.2) is 5.11 Å². The summed E-state index contributed by atoms with van der Waals surface area (Å²) in [5, 5.41) is 5.90. The number of rotatable bonds is 6. The van der Waals surface area contributed by atoms with Crippen molar-refractivity contribution in [3.63, 3.8) is 0 Å². The first-order chi connectivity index (χ1) is 11.6. The quantitative estimate of drug-likeness (QED) is 0.536. The number of hydrogen-bond acceptors (Lipinski definition) is 3. The molecule has 2 N–H and O–H groups in total. The highest BCUT2D eigenvalue weighted by Crippen LogP contribution is 2.17. The lowest BCUT2D eigenvalue weighted by Gasteiger charge is -2.11. The molecule has 2 aromatic carbocycles. The summed E-state index contributed by atoms with van der Waals surface area (Å²) in [7, 11) is 0. The van der Waals surface area contributed by atoms with Gasteiger partial charge in [-0.3, -0.25) is 10.1 Å². The predicted molar refractivity (Wildman–Crippen MR) is 105 cm³/mol. The van der Waals surface area contributed by atoms with Gasteiger partial charge in [0, 0.05) is 21.8 Å². The van der Waals surface area contributed by atoms with E-state index < -0.39 is 0 Å². The first-order valence-corrected chi connectivity index (χ1v) is 8.89. The largest absolute Gasteiger partial charge is 0.494 e. The van der Waals surface area contributed by atoms with Crippen molar-refractivity contribution in [2.24, 2.45) is 0 Å². The van der Waals surface area contributed by atoms with Crippen LogP contribution in [-0.4, -0.2) is 17.6 Å². The number of ether oxygens (including phenoxy) is 1. The third kappa shape index (κ3) is 5.94. The Morgan fingerprint density at radius 3 is 2.67 bits per heavy atom. The van der Waals surface area contributed by atoms with E-state index in [4.69, 9.17) is 17.0 Å². The summed E-state index contributed by atoms with van der Waals surface area (Å²) in [6.07, 6.45) is 2.10. The Balaban J connectivity index is 1.90. The van der Waals surface area contributed by atoms with E-state index in [1.165, 1.54) is 0 Å². The second-order valence-corrected chi connectivity index (χ2v) is 6.47. The number of nitrogens with one attached hydrogen (secondary N) is 2. The first-order valence-electron chi connectivity index (χ1n) is 7.69. The molecule has 0 aliphatic carbocycles. The predicted octanol–water partition coefficient (Wildman–Crippen LogP) is 4.75. The highest BCUT2D eigenvalue weighted by Gasteiger charge is 2.08. The van der Waals surface area contributed by atoms with Crippen molar-refractivity contribution in [2.45, 2.75) is 19.8 Å². The molecule has 0 spiro atoms. The number of carbonyl (C=O) groups excluding carboxylic acids is 1. The number of hydrogen-bond donors (Lipinski definition) is 2. The van der Waals surface area contributed by atoms with Crippen LogP contribution >= 0.6 is 28.1 Å². The van der Waals surface area contributed by atoms with E-state index >= 15 is 0 Å². The Morgan fingerprint density at radius 1 is 1.21 bits per heavy atom. The summed E-state index contributed by atoms with van der Waals surface area (Å²) in [4.78, 5) is 12.1. The molecular weight excluding hydrogens is 388 g/mol. The average molecular weight is 407 g/mol. The van der Waals surface area contributed by atoms with Crippen LogP contribution in [0, 0.1) is 0 Å². The fourth-order valence-corrected chi connectivity index (χ4v) is 2.41. The summed E-state index contributed by atoms with van der Waals surface area (Å²) in [5.74, 6) is 0.519. The number of carbonyl (C=O) groups is 1. The fraction of sp³-hybridized carbons (Fsp3) is 0.222. The summed E-state index contributed by atoms with van der Waals surface area (Å²) in [6, 6.07) is 14.6. The van der Waals surface area contributed by atoms with Gasteiger partial charge in [0.05, 0.1) is 6.61 Å². The maximum Gasteiger partial charge on any atom is 0.257 e. The van der Waals surface area contributed by atoms with Crippen LogP contribution < -0.4 is 15.4 Å². The van der Waals surface area contributed by atoms with Gasteiger partial charge < -0.3 is 10.1 Å². The summed E-state index contributed by atoms with van der Waals surface area (Å²) >= 11 is 8.53. The van der Waals surface area contributed by atoms with Crippen molar-refractivity contribution >= 4 is 44.9 Å². The third-order valence-electron chi connectivity index (χ3n) is 3.19. The molecule has 6 heteroatoms. The van der Waals surface area contributed by atoms with Crippen molar-refractivity contribution in [1.29, 1.82) is 0 Å². The minimum atomic E-state index is -0.254. The van der Waals surface area contributed by atoms with Crippen LogP contribution in [0.5, 0.6) is 5.75 Å². The molecule has 0 radical (unpaired) electrons.